The van der Waals surface area contributed by atoms with Gasteiger partial charge in [-0.05, 0) is 32.4 Å². The van der Waals surface area contributed by atoms with Crippen LogP contribution in [0.1, 0.15) is 41.0 Å². The van der Waals surface area contributed by atoms with Crippen LogP contribution in [0.4, 0.5) is 0 Å². The largest absolute Gasteiger partial charge is 0.395 e. The molecule has 0 amide bonds. The SMILES string of the molecule is CCCNC(CO)CN(C)C(C)C(C)(C)C. The molecule has 3 heteroatoms. The standard InChI is InChI=1S/C13H30N2O/c1-7-8-14-12(10-16)9-15(6)11(2)13(3,4)5/h11-12,14,16H,7-10H2,1-6H3. The smallest absolute Gasteiger partial charge is 0.0597 e. The van der Waals surface area contributed by atoms with Gasteiger partial charge in [-0.2, -0.15) is 0 Å². The van der Waals surface area contributed by atoms with Crippen molar-refractivity contribution in [2.45, 2.75) is 53.1 Å². The van der Waals surface area contributed by atoms with E-state index in [1.54, 1.807) is 0 Å². The van der Waals surface area contributed by atoms with Crippen LogP contribution >= 0.6 is 0 Å². The summed E-state index contributed by atoms with van der Waals surface area (Å²) in [5, 5.41) is 12.7. The van der Waals surface area contributed by atoms with Crippen molar-refractivity contribution >= 4 is 0 Å². The van der Waals surface area contributed by atoms with Crippen LogP contribution < -0.4 is 5.32 Å². The Hall–Kier alpha value is -0.120. The van der Waals surface area contributed by atoms with Gasteiger partial charge in [-0.25, -0.2) is 0 Å². The van der Waals surface area contributed by atoms with Gasteiger partial charge in [0.15, 0.2) is 0 Å². The Bertz CT molecular complexity index is 177. The van der Waals surface area contributed by atoms with Crippen molar-refractivity contribution in [2.24, 2.45) is 5.41 Å². The molecule has 0 aromatic heterocycles. The summed E-state index contributed by atoms with van der Waals surface area (Å²) in [6.45, 7) is 13.2. The summed E-state index contributed by atoms with van der Waals surface area (Å²) in [4.78, 5) is 2.32. The van der Waals surface area contributed by atoms with E-state index in [1.807, 2.05) is 0 Å². The Morgan fingerprint density at radius 1 is 1.31 bits per heavy atom. The lowest BCUT2D eigenvalue weighted by molar-refractivity contribution is 0.113. The topological polar surface area (TPSA) is 35.5 Å². The molecule has 0 heterocycles. The van der Waals surface area contributed by atoms with E-state index < -0.39 is 0 Å². The zero-order valence-corrected chi connectivity index (χ0v) is 11.9. The minimum absolute atomic E-state index is 0.190. The first-order valence-electron chi connectivity index (χ1n) is 6.37. The van der Waals surface area contributed by atoms with Crippen molar-refractivity contribution in [1.82, 2.24) is 10.2 Å². The molecule has 0 aromatic rings. The number of nitrogens with one attached hydrogen (secondary N) is 1. The highest BCUT2D eigenvalue weighted by atomic mass is 16.3. The number of likely N-dealkylation sites (N-methyl/N-ethyl adjacent to an activating group) is 1. The van der Waals surface area contributed by atoms with Crippen LogP contribution in [0.25, 0.3) is 0 Å². The molecule has 98 valence electrons. The predicted octanol–water partition coefficient (Wildman–Crippen LogP) is 1.71. The molecule has 0 spiro atoms. The van der Waals surface area contributed by atoms with Crippen molar-refractivity contribution in [2.75, 3.05) is 26.7 Å². The second-order valence-electron chi connectivity index (χ2n) is 5.82. The quantitative estimate of drug-likeness (QED) is 0.699. The van der Waals surface area contributed by atoms with Gasteiger partial charge in [0.05, 0.1) is 6.61 Å². The second kappa shape index (κ2) is 7.25. The van der Waals surface area contributed by atoms with Crippen LogP contribution in [0, 0.1) is 5.41 Å². The molecule has 2 atom stereocenters. The third-order valence-corrected chi connectivity index (χ3v) is 3.33. The fourth-order valence-corrected chi connectivity index (χ4v) is 1.70. The average molecular weight is 230 g/mol. The summed E-state index contributed by atoms with van der Waals surface area (Å²) in [7, 11) is 2.13. The van der Waals surface area contributed by atoms with Gasteiger partial charge in [0.1, 0.15) is 0 Å². The molecule has 0 aliphatic heterocycles. The maximum atomic E-state index is 9.30. The van der Waals surface area contributed by atoms with Crippen molar-refractivity contribution in [3.8, 4) is 0 Å². The van der Waals surface area contributed by atoms with Crippen molar-refractivity contribution in [3.05, 3.63) is 0 Å². The summed E-state index contributed by atoms with van der Waals surface area (Å²) >= 11 is 0. The van der Waals surface area contributed by atoms with Crippen LogP contribution in [0.15, 0.2) is 0 Å². The van der Waals surface area contributed by atoms with Crippen LogP contribution in [-0.4, -0.2) is 48.8 Å². The van der Waals surface area contributed by atoms with Gasteiger partial charge in [-0.15, -0.1) is 0 Å². The zero-order chi connectivity index (χ0) is 12.8. The van der Waals surface area contributed by atoms with Crippen LogP contribution in [0.5, 0.6) is 0 Å². The fourth-order valence-electron chi connectivity index (χ4n) is 1.70. The Morgan fingerprint density at radius 2 is 1.88 bits per heavy atom. The first kappa shape index (κ1) is 15.9. The minimum Gasteiger partial charge on any atom is -0.395 e. The van der Waals surface area contributed by atoms with Crippen LogP contribution in [0.3, 0.4) is 0 Å². The van der Waals surface area contributed by atoms with Crippen LogP contribution in [0.2, 0.25) is 0 Å². The molecule has 16 heavy (non-hydrogen) atoms. The van der Waals surface area contributed by atoms with E-state index in [1.165, 1.54) is 0 Å². The Labute approximate surface area is 101 Å². The summed E-state index contributed by atoms with van der Waals surface area (Å²) in [5.74, 6) is 0. The normalized spacial score (nSPS) is 16.5. The molecule has 0 radical (unpaired) electrons. The van der Waals surface area contributed by atoms with Gasteiger partial charge in [0.25, 0.3) is 0 Å². The zero-order valence-electron chi connectivity index (χ0n) is 11.9. The van der Waals surface area contributed by atoms with E-state index in [4.69, 9.17) is 0 Å². The molecule has 0 saturated heterocycles. The first-order valence-corrected chi connectivity index (χ1v) is 6.37. The predicted molar refractivity (Wildman–Crippen MR) is 70.7 cm³/mol. The third-order valence-electron chi connectivity index (χ3n) is 3.33. The molecule has 0 aromatic carbocycles. The fraction of sp³-hybridized carbons (Fsp3) is 1.00. The number of aliphatic hydroxyl groups is 1. The van der Waals surface area contributed by atoms with Gasteiger partial charge >= 0.3 is 0 Å². The molecule has 0 saturated carbocycles. The van der Waals surface area contributed by atoms with Gasteiger partial charge in [-0.1, -0.05) is 27.7 Å². The molecule has 0 bridgehead atoms. The molecular weight excluding hydrogens is 200 g/mol. The summed E-state index contributed by atoms with van der Waals surface area (Å²) in [5.41, 5.74) is 0.277. The second-order valence-corrected chi connectivity index (χ2v) is 5.82. The van der Waals surface area contributed by atoms with E-state index >= 15 is 0 Å². The number of rotatable bonds is 7. The van der Waals surface area contributed by atoms with Crippen molar-refractivity contribution < 1.29 is 5.11 Å². The Kier molecular flexibility index (Phi) is 7.20. The van der Waals surface area contributed by atoms with E-state index in [0.717, 1.165) is 19.5 Å². The highest BCUT2D eigenvalue weighted by molar-refractivity contribution is 4.80. The van der Waals surface area contributed by atoms with E-state index in [2.05, 4.69) is 51.9 Å². The van der Waals surface area contributed by atoms with E-state index in [0.29, 0.717) is 6.04 Å². The molecular formula is C13H30N2O. The molecule has 2 unspecified atom stereocenters. The lowest BCUT2D eigenvalue weighted by atomic mass is 9.87. The number of hydrogen-bond acceptors (Lipinski definition) is 3. The molecule has 0 fully saturated rings. The van der Waals surface area contributed by atoms with E-state index in [9.17, 15) is 5.11 Å². The molecule has 0 rings (SSSR count). The highest BCUT2D eigenvalue weighted by Gasteiger charge is 2.25. The maximum absolute atomic E-state index is 9.30. The van der Waals surface area contributed by atoms with Crippen LogP contribution in [-0.2, 0) is 0 Å². The summed E-state index contributed by atoms with van der Waals surface area (Å²) in [6, 6.07) is 0.694. The van der Waals surface area contributed by atoms with Gasteiger partial charge in [0.2, 0.25) is 0 Å². The Morgan fingerprint density at radius 3 is 2.25 bits per heavy atom. The van der Waals surface area contributed by atoms with E-state index in [-0.39, 0.29) is 18.1 Å². The lowest BCUT2D eigenvalue weighted by Gasteiger charge is -2.37. The lowest BCUT2D eigenvalue weighted by Crippen LogP contribution is -2.48. The number of nitrogens with zero attached hydrogens (tertiary/aromatic N) is 1. The Balaban J connectivity index is 4.13. The minimum atomic E-state index is 0.190. The molecule has 0 aliphatic carbocycles. The maximum Gasteiger partial charge on any atom is 0.0597 e. The first-order chi connectivity index (χ1) is 7.32. The summed E-state index contributed by atoms with van der Waals surface area (Å²) in [6.07, 6.45) is 1.11. The number of aliphatic hydroxyl groups excluding tert-OH is 1. The number of hydrogen-bond donors (Lipinski definition) is 2. The van der Waals surface area contributed by atoms with Gasteiger partial charge in [0, 0.05) is 18.6 Å². The third kappa shape index (κ3) is 5.83. The molecule has 0 aliphatic rings. The van der Waals surface area contributed by atoms with Crippen molar-refractivity contribution in [3.63, 3.8) is 0 Å². The highest BCUT2D eigenvalue weighted by Crippen LogP contribution is 2.22. The molecule has 3 nitrogen and oxygen atoms in total. The summed E-state index contributed by atoms with van der Waals surface area (Å²) < 4.78 is 0. The molecule has 2 N–H and O–H groups in total. The van der Waals surface area contributed by atoms with Gasteiger partial charge < -0.3 is 15.3 Å². The average Bonchev–Trinajstić information content (AvgIpc) is 2.21. The van der Waals surface area contributed by atoms with Gasteiger partial charge in [-0.3, -0.25) is 0 Å². The monoisotopic (exact) mass is 230 g/mol. The van der Waals surface area contributed by atoms with Crippen molar-refractivity contribution in [1.29, 1.82) is 0 Å².